The molecule has 7 rings (SSSR count). The molecule has 5 aromatic rings. The van der Waals surface area contributed by atoms with Crippen LogP contribution in [0.4, 0.5) is 11.8 Å². The summed E-state index contributed by atoms with van der Waals surface area (Å²) in [5.41, 5.74) is 4.57. The van der Waals surface area contributed by atoms with Crippen molar-refractivity contribution in [3.8, 4) is 5.69 Å². The van der Waals surface area contributed by atoms with Gasteiger partial charge in [0.25, 0.3) is 0 Å². The van der Waals surface area contributed by atoms with Gasteiger partial charge in [-0.05, 0) is 42.5 Å². The summed E-state index contributed by atoms with van der Waals surface area (Å²) in [4.78, 5) is 17.7. The average Bonchev–Trinajstić information content (AvgIpc) is 3.47. The number of hydrogen-bond acceptors (Lipinski definition) is 6. The standard InChI is InChI=1S/C33H35N7/c1-5-13-26(14-6-1)30(27-15-7-2-8-16-27)37-21-23-38(24-22-37)31-29-25-34-40(28-17-9-3-10-18-28)32(29)36-33(35-31)39-19-11-4-12-20-39/h1-3,5-10,13-18,25,30H,4,11-12,19-24H2. The van der Waals surface area contributed by atoms with Crippen molar-refractivity contribution in [1.82, 2.24) is 24.6 Å². The molecule has 0 radical (unpaired) electrons. The molecule has 0 atom stereocenters. The number of anilines is 2. The fourth-order valence-electron chi connectivity index (χ4n) is 6.19. The van der Waals surface area contributed by atoms with Gasteiger partial charge in [-0.3, -0.25) is 4.90 Å². The molecule has 4 heterocycles. The highest BCUT2D eigenvalue weighted by molar-refractivity contribution is 5.89. The molecule has 0 N–H and O–H groups in total. The van der Waals surface area contributed by atoms with Crippen LogP contribution in [0.25, 0.3) is 16.7 Å². The van der Waals surface area contributed by atoms with Crippen LogP contribution in [0.15, 0.2) is 97.2 Å². The van der Waals surface area contributed by atoms with Gasteiger partial charge in [-0.25, -0.2) is 4.68 Å². The molecule has 2 aliphatic heterocycles. The molecule has 0 unspecified atom stereocenters. The Morgan fingerprint density at radius 3 is 1.80 bits per heavy atom. The summed E-state index contributed by atoms with van der Waals surface area (Å²) in [6.45, 7) is 5.72. The lowest BCUT2D eigenvalue weighted by atomic mass is 9.96. The molecule has 2 aromatic heterocycles. The van der Waals surface area contributed by atoms with Crippen molar-refractivity contribution in [2.75, 3.05) is 49.1 Å². The highest BCUT2D eigenvalue weighted by Gasteiger charge is 2.29. The highest BCUT2D eigenvalue weighted by Crippen LogP contribution is 2.33. The molecular weight excluding hydrogens is 494 g/mol. The lowest BCUT2D eigenvalue weighted by molar-refractivity contribution is 0.212. The van der Waals surface area contributed by atoms with E-state index < -0.39 is 0 Å². The van der Waals surface area contributed by atoms with E-state index in [0.29, 0.717) is 0 Å². The van der Waals surface area contributed by atoms with Crippen molar-refractivity contribution in [2.24, 2.45) is 0 Å². The van der Waals surface area contributed by atoms with Gasteiger partial charge in [-0.2, -0.15) is 15.1 Å². The van der Waals surface area contributed by atoms with E-state index in [0.717, 1.165) is 67.8 Å². The lowest BCUT2D eigenvalue weighted by Crippen LogP contribution is -2.48. The van der Waals surface area contributed by atoms with Crippen molar-refractivity contribution in [1.29, 1.82) is 0 Å². The zero-order valence-electron chi connectivity index (χ0n) is 22.8. The first-order valence-corrected chi connectivity index (χ1v) is 14.5. The molecular formula is C33H35N7. The summed E-state index contributed by atoms with van der Waals surface area (Å²) >= 11 is 0. The van der Waals surface area contributed by atoms with E-state index in [1.807, 2.05) is 29.1 Å². The summed E-state index contributed by atoms with van der Waals surface area (Å²) in [6, 6.07) is 32.3. The number of benzene rings is 3. The van der Waals surface area contributed by atoms with Gasteiger partial charge in [0.2, 0.25) is 5.95 Å². The summed E-state index contributed by atoms with van der Waals surface area (Å²) in [5.74, 6) is 1.83. The topological polar surface area (TPSA) is 53.3 Å². The molecule has 0 saturated carbocycles. The summed E-state index contributed by atoms with van der Waals surface area (Å²) in [6.07, 6.45) is 5.60. The molecule has 7 heteroatoms. The molecule has 2 saturated heterocycles. The molecule has 202 valence electrons. The van der Waals surface area contributed by atoms with Gasteiger partial charge < -0.3 is 9.80 Å². The maximum atomic E-state index is 5.21. The van der Waals surface area contributed by atoms with Crippen molar-refractivity contribution in [2.45, 2.75) is 25.3 Å². The number of piperazine rings is 1. The van der Waals surface area contributed by atoms with Crippen LogP contribution in [0, 0.1) is 0 Å². The molecule has 7 nitrogen and oxygen atoms in total. The quantitative estimate of drug-likeness (QED) is 0.281. The van der Waals surface area contributed by atoms with E-state index in [1.54, 1.807) is 0 Å². The van der Waals surface area contributed by atoms with Crippen LogP contribution < -0.4 is 9.80 Å². The Bertz CT molecular complexity index is 1500. The zero-order valence-corrected chi connectivity index (χ0v) is 22.8. The normalized spacial score (nSPS) is 16.6. The second-order valence-electron chi connectivity index (χ2n) is 10.8. The van der Waals surface area contributed by atoms with Gasteiger partial charge in [-0.1, -0.05) is 78.9 Å². The summed E-state index contributed by atoms with van der Waals surface area (Å²) in [5, 5.41) is 5.80. The van der Waals surface area contributed by atoms with Gasteiger partial charge >= 0.3 is 0 Å². The maximum Gasteiger partial charge on any atom is 0.229 e. The third kappa shape index (κ3) is 4.82. The minimum absolute atomic E-state index is 0.236. The van der Waals surface area contributed by atoms with Crippen molar-refractivity contribution >= 4 is 22.8 Å². The number of para-hydroxylation sites is 1. The van der Waals surface area contributed by atoms with E-state index in [9.17, 15) is 0 Å². The monoisotopic (exact) mass is 529 g/mol. The Morgan fingerprint density at radius 2 is 1.18 bits per heavy atom. The zero-order chi connectivity index (χ0) is 26.7. The van der Waals surface area contributed by atoms with Gasteiger partial charge in [0.1, 0.15) is 5.82 Å². The molecule has 0 aliphatic carbocycles. The van der Waals surface area contributed by atoms with E-state index in [4.69, 9.17) is 15.1 Å². The number of fused-ring (bicyclic) bond motifs is 1. The molecule has 2 fully saturated rings. The maximum absolute atomic E-state index is 5.21. The van der Waals surface area contributed by atoms with Crippen LogP contribution in [-0.4, -0.2) is 63.9 Å². The molecule has 3 aromatic carbocycles. The van der Waals surface area contributed by atoms with Crippen molar-refractivity contribution in [3.05, 3.63) is 108 Å². The van der Waals surface area contributed by atoms with Crippen molar-refractivity contribution < 1.29 is 0 Å². The number of nitrogens with zero attached hydrogens (tertiary/aromatic N) is 7. The van der Waals surface area contributed by atoms with Gasteiger partial charge in [0.05, 0.1) is 23.3 Å². The first kappa shape index (κ1) is 24.8. The molecule has 2 aliphatic rings. The summed E-state index contributed by atoms with van der Waals surface area (Å²) < 4.78 is 1.96. The minimum atomic E-state index is 0.236. The van der Waals surface area contributed by atoms with Gasteiger partial charge in [0, 0.05) is 39.3 Å². The third-order valence-electron chi connectivity index (χ3n) is 8.25. The van der Waals surface area contributed by atoms with Crippen LogP contribution in [0.5, 0.6) is 0 Å². The number of rotatable bonds is 6. The van der Waals surface area contributed by atoms with Gasteiger partial charge in [-0.15, -0.1) is 0 Å². The third-order valence-corrected chi connectivity index (χ3v) is 8.25. The average molecular weight is 530 g/mol. The van der Waals surface area contributed by atoms with E-state index >= 15 is 0 Å². The van der Waals surface area contributed by atoms with Crippen LogP contribution in [0.2, 0.25) is 0 Å². The van der Waals surface area contributed by atoms with Crippen molar-refractivity contribution in [3.63, 3.8) is 0 Å². The molecule has 0 bridgehead atoms. The van der Waals surface area contributed by atoms with E-state index in [-0.39, 0.29) is 6.04 Å². The van der Waals surface area contributed by atoms with Gasteiger partial charge in [0.15, 0.2) is 5.65 Å². The fraction of sp³-hybridized carbons (Fsp3) is 0.303. The smallest absolute Gasteiger partial charge is 0.229 e. The largest absolute Gasteiger partial charge is 0.353 e. The Kier molecular flexibility index (Phi) is 6.88. The predicted octanol–water partition coefficient (Wildman–Crippen LogP) is 5.72. The van der Waals surface area contributed by atoms with Crippen LogP contribution in [0.3, 0.4) is 0 Å². The van der Waals surface area contributed by atoms with Crippen LogP contribution >= 0.6 is 0 Å². The summed E-state index contributed by atoms with van der Waals surface area (Å²) in [7, 11) is 0. The van der Waals surface area contributed by atoms with Crippen LogP contribution in [-0.2, 0) is 0 Å². The van der Waals surface area contributed by atoms with Crippen LogP contribution in [0.1, 0.15) is 36.4 Å². The Hall–Kier alpha value is -4.23. The second-order valence-corrected chi connectivity index (χ2v) is 10.8. The molecule has 0 amide bonds. The SMILES string of the molecule is c1ccc(C(c2ccccc2)N2CCN(c3nc(N4CCCCC4)nc4c3cnn4-c3ccccc3)CC2)cc1. The Morgan fingerprint density at radius 1 is 0.575 bits per heavy atom. The number of piperidine rings is 1. The predicted molar refractivity (Wildman–Crippen MR) is 161 cm³/mol. The first-order valence-electron chi connectivity index (χ1n) is 14.5. The Labute approximate surface area is 235 Å². The highest BCUT2D eigenvalue weighted by atomic mass is 15.4. The fourth-order valence-corrected chi connectivity index (χ4v) is 6.19. The first-order chi connectivity index (χ1) is 19.8. The number of hydrogen-bond donors (Lipinski definition) is 0. The van der Waals surface area contributed by atoms with E-state index in [1.165, 1.54) is 30.4 Å². The number of aromatic nitrogens is 4. The molecule has 0 spiro atoms. The molecule has 40 heavy (non-hydrogen) atoms. The lowest BCUT2D eigenvalue weighted by Gasteiger charge is -2.40. The van der Waals surface area contributed by atoms with E-state index in [2.05, 4.69) is 87.5 Å². The Balaban J connectivity index is 1.22. The minimum Gasteiger partial charge on any atom is -0.353 e. The second kappa shape index (κ2) is 11.1.